The van der Waals surface area contributed by atoms with Crippen molar-refractivity contribution in [1.82, 2.24) is 4.90 Å². The lowest BCUT2D eigenvalue weighted by atomic mass is 10.1. The summed E-state index contributed by atoms with van der Waals surface area (Å²) < 4.78 is 0. The summed E-state index contributed by atoms with van der Waals surface area (Å²) in [4.78, 5) is 15.6. The van der Waals surface area contributed by atoms with E-state index in [0.29, 0.717) is 6.42 Å². The number of nitrogens with zero attached hydrogens (tertiary/aromatic N) is 1. The Bertz CT molecular complexity index is 591. The largest absolute Gasteiger partial charge is 0.339 e. The van der Waals surface area contributed by atoms with Gasteiger partial charge in [0.15, 0.2) is 0 Å². The van der Waals surface area contributed by atoms with Crippen molar-refractivity contribution in [1.29, 1.82) is 0 Å². The molecule has 1 aliphatic carbocycles. The van der Waals surface area contributed by atoms with Gasteiger partial charge in [-0.3, -0.25) is 4.79 Å². The van der Waals surface area contributed by atoms with E-state index in [2.05, 4.69) is 35.7 Å². The normalized spacial score (nSPS) is 16.9. The van der Waals surface area contributed by atoms with Crippen LogP contribution in [0.25, 0.3) is 0 Å². The Balaban J connectivity index is 1.64. The lowest BCUT2D eigenvalue weighted by Crippen LogP contribution is -2.30. The van der Waals surface area contributed by atoms with Crippen LogP contribution in [-0.4, -0.2) is 17.9 Å². The molecule has 1 aromatic heterocycles. The molecule has 1 unspecified atom stereocenters. The van der Waals surface area contributed by atoms with Gasteiger partial charge in [0.2, 0.25) is 5.91 Å². The average Bonchev–Trinajstić information content (AvgIpc) is 3.13. The highest BCUT2D eigenvalue weighted by atomic mass is 32.1. The van der Waals surface area contributed by atoms with Crippen molar-refractivity contribution in [3.63, 3.8) is 0 Å². The Kier molecular flexibility index (Phi) is 3.88. The molecule has 0 spiro atoms. The maximum atomic E-state index is 12.4. The number of hydrogen-bond donors (Lipinski definition) is 0. The molecular formula is C17H19NOS. The van der Waals surface area contributed by atoms with E-state index in [1.807, 2.05) is 18.0 Å². The number of thiophene rings is 1. The summed E-state index contributed by atoms with van der Waals surface area (Å²) >= 11 is 1.73. The summed E-state index contributed by atoms with van der Waals surface area (Å²) in [7, 11) is 1.95. The van der Waals surface area contributed by atoms with Crippen molar-refractivity contribution >= 4 is 17.2 Å². The molecule has 0 N–H and O–H groups in total. The molecule has 1 amide bonds. The smallest absolute Gasteiger partial charge is 0.223 e. The second-order valence-corrected chi connectivity index (χ2v) is 6.37. The predicted octanol–water partition coefficient (Wildman–Crippen LogP) is 3.83. The first-order valence-corrected chi connectivity index (χ1v) is 7.99. The molecule has 0 fully saturated rings. The molecule has 0 bridgehead atoms. The number of fused-ring (bicyclic) bond motifs is 1. The highest BCUT2D eigenvalue weighted by molar-refractivity contribution is 7.09. The maximum Gasteiger partial charge on any atom is 0.223 e. The first-order valence-electron chi connectivity index (χ1n) is 7.11. The van der Waals surface area contributed by atoms with Crippen LogP contribution in [-0.2, 0) is 17.6 Å². The molecule has 1 aliphatic rings. The van der Waals surface area contributed by atoms with Crippen LogP contribution in [0.3, 0.4) is 0 Å². The predicted molar refractivity (Wildman–Crippen MR) is 82.9 cm³/mol. The van der Waals surface area contributed by atoms with Gasteiger partial charge in [0.25, 0.3) is 0 Å². The molecule has 3 rings (SSSR count). The number of amides is 1. The van der Waals surface area contributed by atoms with Gasteiger partial charge in [0.1, 0.15) is 0 Å². The van der Waals surface area contributed by atoms with Gasteiger partial charge in [-0.15, -0.1) is 11.3 Å². The second-order valence-electron chi connectivity index (χ2n) is 5.34. The van der Waals surface area contributed by atoms with Gasteiger partial charge in [-0.2, -0.15) is 0 Å². The first-order chi connectivity index (χ1) is 9.75. The molecule has 104 valence electrons. The lowest BCUT2D eigenvalue weighted by Gasteiger charge is -2.25. The Hall–Kier alpha value is -1.61. The van der Waals surface area contributed by atoms with Crippen LogP contribution in [0.1, 0.15) is 34.9 Å². The van der Waals surface area contributed by atoms with Crippen molar-refractivity contribution in [3.05, 3.63) is 57.8 Å². The van der Waals surface area contributed by atoms with Crippen LogP contribution in [0.15, 0.2) is 41.8 Å². The van der Waals surface area contributed by atoms with Crippen molar-refractivity contribution < 1.29 is 4.79 Å². The molecule has 0 saturated heterocycles. The molecule has 1 atom stereocenters. The third kappa shape index (κ3) is 2.63. The van der Waals surface area contributed by atoms with Crippen LogP contribution >= 0.6 is 11.3 Å². The minimum atomic E-state index is 0.250. The molecular weight excluding hydrogens is 266 g/mol. The highest BCUT2D eigenvalue weighted by Crippen LogP contribution is 2.35. The Morgan fingerprint density at radius 3 is 2.95 bits per heavy atom. The molecule has 3 heteroatoms. The summed E-state index contributed by atoms with van der Waals surface area (Å²) in [6.45, 7) is 0. The minimum absolute atomic E-state index is 0.250. The van der Waals surface area contributed by atoms with Crippen LogP contribution in [0.2, 0.25) is 0 Å². The van der Waals surface area contributed by atoms with E-state index in [1.165, 1.54) is 16.0 Å². The van der Waals surface area contributed by atoms with Crippen molar-refractivity contribution in [2.45, 2.75) is 31.7 Å². The van der Waals surface area contributed by atoms with E-state index in [9.17, 15) is 4.79 Å². The zero-order valence-electron chi connectivity index (χ0n) is 11.7. The molecule has 2 nitrogen and oxygen atoms in total. The molecule has 1 aromatic carbocycles. The fourth-order valence-corrected chi connectivity index (χ4v) is 3.68. The van der Waals surface area contributed by atoms with Crippen LogP contribution in [0.4, 0.5) is 0 Å². The molecule has 0 radical (unpaired) electrons. The van der Waals surface area contributed by atoms with Crippen LogP contribution in [0, 0.1) is 0 Å². The second kappa shape index (κ2) is 5.80. The summed E-state index contributed by atoms with van der Waals surface area (Å²) in [6.07, 6.45) is 3.61. The fraction of sp³-hybridized carbons (Fsp3) is 0.353. The topological polar surface area (TPSA) is 20.3 Å². The number of carbonyl (C=O) groups is 1. The van der Waals surface area contributed by atoms with E-state index >= 15 is 0 Å². The van der Waals surface area contributed by atoms with Crippen molar-refractivity contribution in [2.75, 3.05) is 7.05 Å². The van der Waals surface area contributed by atoms with Gasteiger partial charge >= 0.3 is 0 Å². The summed E-state index contributed by atoms with van der Waals surface area (Å²) in [5.74, 6) is 0.250. The van der Waals surface area contributed by atoms with Gasteiger partial charge in [-0.1, -0.05) is 30.3 Å². The van der Waals surface area contributed by atoms with E-state index in [-0.39, 0.29) is 11.9 Å². The Labute approximate surface area is 124 Å². The average molecular weight is 285 g/mol. The monoisotopic (exact) mass is 285 g/mol. The van der Waals surface area contributed by atoms with Gasteiger partial charge < -0.3 is 4.90 Å². The molecule has 0 aliphatic heterocycles. The zero-order chi connectivity index (χ0) is 13.9. The molecule has 0 saturated carbocycles. The quantitative estimate of drug-likeness (QED) is 0.836. The van der Waals surface area contributed by atoms with Gasteiger partial charge in [0, 0.05) is 18.3 Å². The Morgan fingerprint density at radius 1 is 1.30 bits per heavy atom. The van der Waals surface area contributed by atoms with Crippen LogP contribution < -0.4 is 0 Å². The van der Waals surface area contributed by atoms with Gasteiger partial charge in [-0.05, 0) is 41.8 Å². The van der Waals surface area contributed by atoms with Crippen molar-refractivity contribution in [3.8, 4) is 0 Å². The first kappa shape index (κ1) is 13.4. The summed E-state index contributed by atoms with van der Waals surface area (Å²) in [6, 6.07) is 12.9. The molecule has 20 heavy (non-hydrogen) atoms. The van der Waals surface area contributed by atoms with Crippen molar-refractivity contribution in [2.24, 2.45) is 0 Å². The van der Waals surface area contributed by atoms with E-state index in [1.54, 1.807) is 11.3 Å². The number of rotatable bonds is 4. The SMILES string of the molecule is CN(C(=O)CCc1cccs1)C1CCc2ccccc21. The minimum Gasteiger partial charge on any atom is -0.339 e. The lowest BCUT2D eigenvalue weighted by molar-refractivity contribution is -0.132. The number of carbonyl (C=O) groups excluding carboxylic acids is 1. The van der Waals surface area contributed by atoms with Gasteiger partial charge in [-0.25, -0.2) is 0 Å². The van der Waals surface area contributed by atoms with Gasteiger partial charge in [0.05, 0.1) is 6.04 Å². The fourth-order valence-electron chi connectivity index (χ4n) is 2.97. The number of hydrogen-bond acceptors (Lipinski definition) is 2. The summed E-state index contributed by atoms with van der Waals surface area (Å²) in [5, 5.41) is 2.07. The highest BCUT2D eigenvalue weighted by Gasteiger charge is 2.27. The maximum absolute atomic E-state index is 12.4. The standard InChI is InChI=1S/C17H19NOS/c1-18(17(19)11-9-14-6-4-12-20-14)16-10-8-13-5-2-3-7-15(13)16/h2-7,12,16H,8-11H2,1H3. The number of benzene rings is 1. The third-order valence-electron chi connectivity index (χ3n) is 4.13. The van der Waals surface area contributed by atoms with Crippen LogP contribution in [0.5, 0.6) is 0 Å². The Morgan fingerprint density at radius 2 is 2.15 bits per heavy atom. The third-order valence-corrected chi connectivity index (χ3v) is 5.06. The van der Waals surface area contributed by atoms with E-state index < -0.39 is 0 Å². The number of aryl methyl sites for hydroxylation is 2. The van der Waals surface area contributed by atoms with E-state index in [4.69, 9.17) is 0 Å². The zero-order valence-corrected chi connectivity index (χ0v) is 12.5. The molecule has 1 heterocycles. The summed E-state index contributed by atoms with van der Waals surface area (Å²) in [5.41, 5.74) is 2.73. The van der Waals surface area contributed by atoms with E-state index in [0.717, 1.165) is 19.3 Å². The molecule has 2 aromatic rings.